The maximum absolute atomic E-state index is 14.1. The molecule has 0 aromatic heterocycles. The van der Waals surface area contributed by atoms with E-state index in [2.05, 4.69) is 143 Å². The number of hydrogen-bond acceptors (Lipinski definition) is 16. The number of carbonyl (C=O) groups is 1. The number of aliphatic hydroxyl groups excluding tert-OH is 2. The Balaban J connectivity index is 1.01. The summed E-state index contributed by atoms with van der Waals surface area (Å²) in [6.45, 7) is 1.54. The van der Waals surface area contributed by atoms with E-state index in [1.54, 1.807) is 13.2 Å². The van der Waals surface area contributed by atoms with Crippen LogP contribution in [0.5, 0.6) is 28.7 Å². The molecule has 6 heterocycles. The van der Waals surface area contributed by atoms with Gasteiger partial charge in [0.15, 0.2) is 18.3 Å². The third kappa shape index (κ3) is 11.2. The van der Waals surface area contributed by atoms with E-state index < -0.39 is 59.2 Å². The van der Waals surface area contributed by atoms with Gasteiger partial charge < -0.3 is 65.8 Å². The van der Waals surface area contributed by atoms with Gasteiger partial charge in [0, 0.05) is 119 Å². The SMILES string of the molecule is COCC1C2C#CC3C#CC4=C(C=CC(N)N4)C4C5(C=CC6CCCCC64c4cccc(c4)C2)CCC2(Cc4cc(O)cc(OCO)c4-c4ccc6c(c42)OC(c2c4c(c(O)c(c23)CNCC1CO)OC1C(C=C4)NC2CCCC(CSSC1Cc1ccccc1)C2)C6COC(C)=O)C5. The van der Waals surface area contributed by atoms with Gasteiger partial charge in [-0.15, -0.1) is 0 Å². The summed E-state index contributed by atoms with van der Waals surface area (Å²) in [5, 5.41) is 60.1. The van der Waals surface area contributed by atoms with E-state index in [1.165, 1.54) is 30.0 Å². The van der Waals surface area contributed by atoms with Crippen molar-refractivity contribution in [2.45, 2.75) is 162 Å². The third-order valence-corrected chi connectivity index (χ3v) is 28.0. The van der Waals surface area contributed by atoms with Crippen molar-refractivity contribution < 1.29 is 48.9 Å². The maximum atomic E-state index is 14.1. The molecule has 4 fully saturated rings. The standard InChI is InChI=1S/C83H90N4O10S2/c1-47(90)94-43-65-59-20-21-61-71-53(36-58(91)37-68(71)95-46-89)38-82-31-30-81(45-82)29-27-55-14-6-7-28-83(55)56-15-8-12-49(33-56)32-52-18-17-51(19-24-66-60(80(81)83)23-26-70(84)87-66)72-63(40-85-39-54(41-88)64(52)42-93-2)75(92)78-62(73(72)76(65)96-77(59)74(61)82)22-25-67-79(97-78)69(35-48-10-4-3-5-11-48)99-98-44-50-13-9-16-57(34-50)86-67/h3-5,8,10-12,15,20-23,25-27,29,33,36-37,50-52,54-55,57,64-65,67,69-70,76,79-80,85-89,91-92H,6-7,9,13-14,16,28,30-32,34-35,38-46,84H2,1-2H3. The summed E-state index contributed by atoms with van der Waals surface area (Å²) >= 11 is 0. The molecule has 3 saturated carbocycles. The van der Waals surface area contributed by atoms with E-state index in [1.807, 2.05) is 27.7 Å². The molecule has 6 aliphatic heterocycles. The zero-order valence-corrected chi connectivity index (χ0v) is 58.2. The van der Waals surface area contributed by atoms with Gasteiger partial charge in [-0.05, 0) is 145 Å². The van der Waals surface area contributed by atoms with Crippen LogP contribution in [-0.4, -0.2) is 102 Å². The van der Waals surface area contributed by atoms with Crippen LogP contribution in [0.1, 0.15) is 151 Å². The van der Waals surface area contributed by atoms with E-state index >= 15 is 0 Å². The van der Waals surface area contributed by atoms with Crippen LogP contribution in [0, 0.1) is 64.6 Å². The summed E-state index contributed by atoms with van der Waals surface area (Å²) in [7, 11) is 5.57. The van der Waals surface area contributed by atoms with Gasteiger partial charge in [0.1, 0.15) is 42.0 Å². The van der Waals surface area contributed by atoms with Crippen LogP contribution in [0.2, 0.25) is 0 Å². The number of ether oxygens (including phenoxy) is 5. The minimum atomic E-state index is -0.915. The summed E-state index contributed by atoms with van der Waals surface area (Å²) < 4.78 is 34.9. The molecule has 17 atom stereocenters. The fraction of sp³-hybridized carbons (Fsp3) is 0.482. The Morgan fingerprint density at radius 3 is 2.65 bits per heavy atom. The first-order valence-electron chi connectivity index (χ1n) is 36.3. The summed E-state index contributed by atoms with van der Waals surface area (Å²) in [6, 6.07) is 27.9. The summed E-state index contributed by atoms with van der Waals surface area (Å²) in [5.41, 5.74) is 18.3. The average Bonchev–Trinajstić information content (AvgIpc) is 1.59. The number of dihydropyridines is 1. The molecule has 5 aromatic rings. The number of esters is 1. The van der Waals surface area contributed by atoms with E-state index in [-0.39, 0.29) is 78.2 Å². The lowest BCUT2D eigenvalue weighted by Gasteiger charge is -2.59. The summed E-state index contributed by atoms with van der Waals surface area (Å²) in [6.07, 6.45) is 24.8. The molecule has 11 bridgehead atoms. The lowest BCUT2D eigenvalue weighted by Crippen LogP contribution is -2.55. The monoisotopic (exact) mass is 1370 g/mol. The predicted octanol–water partition coefficient (Wildman–Crippen LogP) is 12.4. The second-order valence-corrected chi connectivity index (χ2v) is 33.2. The second kappa shape index (κ2) is 26.4. The van der Waals surface area contributed by atoms with Gasteiger partial charge in [-0.3, -0.25) is 4.79 Å². The van der Waals surface area contributed by atoms with E-state index in [4.69, 9.17) is 29.4 Å². The predicted molar refractivity (Wildman–Crippen MR) is 387 cm³/mol. The molecule has 5 aromatic carbocycles. The number of nitrogens with two attached hydrogens (primary N) is 1. The second-order valence-electron chi connectivity index (χ2n) is 30.6. The zero-order chi connectivity index (χ0) is 67.3. The quantitative estimate of drug-likeness (QED) is 0.0227. The minimum Gasteiger partial charge on any atom is -0.508 e. The zero-order valence-electron chi connectivity index (χ0n) is 56.5. The number of benzene rings is 5. The van der Waals surface area contributed by atoms with Crippen LogP contribution < -0.4 is 35.9 Å². The first kappa shape index (κ1) is 65.2. The Morgan fingerprint density at radius 2 is 1.79 bits per heavy atom. The highest BCUT2D eigenvalue weighted by Crippen LogP contribution is 2.72. The molecular weight excluding hydrogens is 1280 g/mol. The number of fused-ring (bicyclic) bond motifs is 12. The molecule has 12 aliphatic rings. The van der Waals surface area contributed by atoms with Gasteiger partial charge in [0.25, 0.3) is 0 Å². The number of aliphatic hydroxyl groups is 2. The molecule has 1 saturated heterocycles. The molecule has 99 heavy (non-hydrogen) atoms. The molecule has 16 heteroatoms. The van der Waals surface area contributed by atoms with Crippen molar-refractivity contribution in [1.82, 2.24) is 16.0 Å². The molecule has 17 rings (SSSR count). The first-order valence-corrected chi connectivity index (χ1v) is 38.7. The van der Waals surface area contributed by atoms with Crippen molar-refractivity contribution in [1.29, 1.82) is 0 Å². The van der Waals surface area contributed by atoms with E-state index in [9.17, 15) is 25.2 Å². The molecule has 14 nitrogen and oxygen atoms in total. The van der Waals surface area contributed by atoms with Crippen molar-refractivity contribution in [2.24, 2.45) is 46.7 Å². The normalized spacial score (nSPS) is 33.9. The molecule has 17 unspecified atom stereocenters. The molecule has 6 aliphatic carbocycles. The highest BCUT2D eigenvalue weighted by Gasteiger charge is 2.64. The highest BCUT2D eigenvalue weighted by molar-refractivity contribution is 8.77. The van der Waals surface area contributed by atoms with Crippen LogP contribution in [0.25, 0.3) is 17.2 Å². The number of phenolic OH excluding ortho intramolecular Hbond substituents is 2. The lowest BCUT2D eigenvalue weighted by atomic mass is 9.44. The molecule has 3 spiro atoms. The number of allylic oxidation sites excluding steroid dienone is 5. The summed E-state index contributed by atoms with van der Waals surface area (Å²) in [4.78, 5) is 13.7. The van der Waals surface area contributed by atoms with Gasteiger partial charge in [0.05, 0.1) is 35.7 Å². The number of phenols is 2. The Morgan fingerprint density at radius 1 is 0.889 bits per heavy atom. The van der Waals surface area contributed by atoms with Crippen LogP contribution in [-0.2, 0) is 50.9 Å². The van der Waals surface area contributed by atoms with Crippen LogP contribution in [0.3, 0.4) is 0 Å². The lowest BCUT2D eigenvalue weighted by molar-refractivity contribution is -0.141. The molecule has 9 N–H and O–H groups in total. The number of hydrogen-bond donors (Lipinski definition) is 8. The van der Waals surface area contributed by atoms with E-state index in [0.717, 1.165) is 115 Å². The van der Waals surface area contributed by atoms with Crippen molar-refractivity contribution >= 4 is 33.6 Å². The van der Waals surface area contributed by atoms with Crippen molar-refractivity contribution in [2.75, 3.05) is 46.0 Å². The minimum absolute atomic E-state index is 0.0196. The Hall–Kier alpha value is -7.09. The van der Waals surface area contributed by atoms with Crippen LogP contribution in [0.4, 0.5) is 0 Å². The summed E-state index contributed by atoms with van der Waals surface area (Å²) in [5.74, 6) is 16.1. The number of methoxy groups -OCH3 is 1. The average molecular weight is 1370 g/mol. The highest BCUT2D eigenvalue weighted by atomic mass is 33.1. The van der Waals surface area contributed by atoms with Crippen LogP contribution in [0.15, 0.2) is 121 Å². The Bertz CT molecular complexity index is 4300. The third-order valence-electron chi connectivity index (χ3n) is 25.0. The van der Waals surface area contributed by atoms with E-state index in [0.29, 0.717) is 72.3 Å². The Labute approximate surface area is 589 Å². The molecular formula is C83H90N4O10S2. The van der Waals surface area contributed by atoms with Crippen LogP contribution >= 0.6 is 21.6 Å². The van der Waals surface area contributed by atoms with Gasteiger partial charge in [-0.2, -0.15) is 0 Å². The number of nitrogens with one attached hydrogen (secondary N) is 3. The number of rotatable bonds is 9. The number of aromatic hydroxyl groups is 2. The maximum Gasteiger partial charge on any atom is 0.302 e. The molecule has 0 amide bonds. The van der Waals surface area contributed by atoms with Gasteiger partial charge in [-0.25, -0.2) is 0 Å². The Kier molecular flexibility index (Phi) is 17.4. The molecule has 0 radical (unpaired) electrons. The van der Waals surface area contributed by atoms with Crippen molar-refractivity contribution in [3.8, 4) is 63.6 Å². The van der Waals surface area contributed by atoms with Gasteiger partial charge >= 0.3 is 5.97 Å². The topological polar surface area (TPSA) is 206 Å². The number of carbonyl (C=O) groups excluding carboxylic acids is 1. The van der Waals surface area contributed by atoms with Crippen molar-refractivity contribution in [3.63, 3.8) is 0 Å². The molecule has 514 valence electrons. The van der Waals surface area contributed by atoms with Gasteiger partial charge in [0.2, 0.25) is 0 Å². The largest absolute Gasteiger partial charge is 0.508 e. The first-order chi connectivity index (χ1) is 48.4. The smallest absolute Gasteiger partial charge is 0.302 e. The van der Waals surface area contributed by atoms with Crippen molar-refractivity contribution in [3.05, 3.63) is 176 Å². The fourth-order valence-electron chi connectivity index (χ4n) is 21.0. The fourth-order valence-corrected chi connectivity index (χ4v) is 24.2. The van der Waals surface area contributed by atoms with Gasteiger partial charge in [-0.1, -0.05) is 156 Å².